The molecule has 5 nitrogen and oxygen atoms in total. The van der Waals surface area contributed by atoms with E-state index in [2.05, 4.69) is 5.32 Å². The molecule has 0 atom stereocenters. The summed E-state index contributed by atoms with van der Waals surface area (Å²) >= 11 is 0. The largest absolute Gasteiger partial charge is 0.507 e. The van der Waals surface area contributed by atoms with Crippen molar-refractivity contribution in [2.24, 2.45) is 0 Å². The average Bonchev–Trinajstić information content (AvgIpc) is 2.52. The molecule has 0 bridgehead atoms. The topological polar surface area (TPSA) is 79.5 Å². The lowest BCUT2D eigenvalue weighted by Crippen LogP contribution is -2.20. The summed E-state index contributed by atoms with van der Waals surface area (Å²) in [4.78, 5) is 24.4. The van der Waals surface area contributed by atoms with E-state index in [1.54, 1.807) is 26.0 Å². The van der Waals surface area contributed by atoms with Gasteiger partial charge in [-0.25, -0.2) is 9.18 Å². The van der Waals surface area contributed by atoms with Crippen LogP contribution < -0.4 is 10.9 Å². The summed E-state index contributed by atoms with van der Waals surface area (Å²) in [6, 6.07) is 8.54. The second-order valence-corrected chi connectivity index (χ2v) is 5.88. The Bertz CT molecular complexity index is 1020. The Labute approximate surface area is 142 Å². The predicted molar refractivity (Wildman–Crippen MR) is 92.4 cm³/mol. The lowest BCUT2D eigenvalue weighted by Gasteiger charge is -2.10. The first-order chi connectivity index (χ1) is 11.8. The number of phenolic OH excluding ortho intramolecular Hbond substituents is 1. The predicted octanol–water partition coefficient (Wildman–Crippen LogP) is 3.44. The fraction of sp³-hybridized carbons (Fsp3) is 0.158. The SMILES string of the molecule is Cc1cc(O)c2c(C)c(CC(=O)Nc3ccc(F)cc3)c(=O)oc2c1. The van der Waals surface area contributed by atoms with Gasteiger partial charge in [-0.05, 0) is 61.4 Å². The standard InChI is InChI=1S/C19H16FNO4/c1-10-7-15(22)18-11(2)14(19(24)25-16(18)8-10)9-17(23)21-13-5-3-12(20)4-6-13/h3-8,22H,9H2,1-2H3,(H,21,23). The number of fused-ring (bicyclic) bond motifs is 1. The Kier molecular flexibility index (Phi) is 4.27. The van der Waals surface area contributed by atoms with Gasteiger partial charge < -0.3 is 14.8 Å². The fourth-order valence-electron chi connectivity index (χ4n) is 2.76. The minimum absolute atomic E-state index is 0.00329. The van der Waals surface area contributed by atoms with E-state index in [9.17, 15) is 19.1 Å². The van der Waals surface area contributed by atoms with Gasteiger partial charge in [0.1, 0.15) is 17.1 Å². The van der Waals surface area contributed by atoms with Crippen LogP contribution in [0.25, 0.3) is 11.0 Å². The van der Waals surface area contributed by atoms with Crippen molar-refractivity contribution < 1.29 is 18.7 Å². The van der Waals surface area contributed by atoms with Gasteiger partial charge >= 0.3 is 5.63 Å². The number of amides is 1. The smallest absolute Gasteiger partial charge is 0.340 e. The van der Waals surface area contributed by atoms with Crippen LogP contribution in [-0.2, 0) is 11.2 Å². The molecule has 2 aromatic carbocycles. The number of benzene rings is 2. The summed E-state index contributed by atoms with van der Waals surface area (Å²) in [6.45, 7) is 3.44. The van der Waals surface area contributed by atoms with Crippen molar-refractivity contribution in [1.82, 2.24) is 0 Å². The molecule has 1 heterocycles. The van der Waals surface area contributed by atoms with Crippen LogP contribution in [0, 0.1) is 19.7 Å². The lowest BCUT2D eigenvalue weighted by molar-refractivity contribution is -0.115. The van der Waals surface area contributed by atoms with Gasteiger partial charge in [0.05, 0.1) is 17.4 Å². The molecule has 6 heteroatoms. The number of halogens is 1. The molecule has 0 saturated carbocycles. The van der Waals surface area contributed by atoms with Gasteiger partial charge in [-0.1, -0.05) is 0 Å². The number of rotatable bonds is 3. The third-order valence-electron chi connectivity index (χ3n) is 3.97. The van der Waals surface area contributed by atoms with E-state index < -0.39 is 17.3 Å². The Balaban J connectivity index is 1.94. The second kappa shape index (κ2) is 6.39. The number of hydrogen-bond donors (Lipinski definition) is 2. The van der Waals surface area contributed by atoms with Crippen LogP contribution in [0.4, 0.5) is 10.1 Å². The fourth-order valence-corrected chi connectivity index (χ4v) is 2.76. The van der Waals surface area contributed by atoms with Gasteiger partial charge in [-0.15, -0.1) is 0 Å². The molecule has 1 aromatic heterocycles. The first-order valence-electron chi connectivity index (χ1n) is 7.66. The number of carbonyl (C=O) groups is 1. The van der Waals surface area contributed by atoms with E-state index in [0.29, 0.717) is 16.6 Å². The third-order valence-corrected chi connectivity index (χ3v) is 3.97. The summed E-state index contributed by atoms with van der Waals surface area (Å²) in [6.07, 6.45) is -0.213. The molecule has 3 aromatic rings. The molecular formula is C19H16FNO4. The summed E-state index contributed by atoms with van der Waals surface area (Å²) in [5.74, 6) is -0.848. The minimum Gasteiger partial charge on any atom is -0.507 e. The van der Waals surface area contributed by atoms with Crippen molar-refractivity contribution in [3.63, 3.8) is 0 Å². The molecule has 128 valence electrons. The molecule has 0 saturated heterocycles. The van der Waals surface area contributed by atoms with Crippen LogP contribution in [-0.4, -0.2) is 11.0 Å². The molecule has 25 heavy (non-hydrogen) atoms. The van der Waals surface area contributed by atoms with Crippen LogP contribution in [0.15, 0.2) is 45.6 Å². The molecule has 0 aliphatic rings. The first-order valence-corrected chi connectivity index (χ1v) is 7.66. The van der Waals surface area contributed by atoms with Crippen molar-refractivity contribution in [3.05, 3.63) is 69.3 Å². The number of carbonyl (C=O) groups excluding carboxylic acids is 1. The lowest BCUT2D eigenvalue weighted by atomic mass is 10.0. The first kappa shape index (κ1) is 16.7. The summed E-state index contributed by atoms with van der Waals surface area (Å²) in [5, 5.41) is 13.2. The van der Waals surface area contributed by atoms with Crippen molar-refractivity contribution in [1.29, 1.82) is 0 Å². The van der Waals surface area contributed by atoms with Crippen LogP contribution in [0.1, 0.15) is 16.7 Å². The molecule has 0 aliphatic heterocycles. The minimum atomic E-state index is -0.621. The van der Waals surface area contributed by atoms with Gasteiger partial charge in [0.25, 0.3) is 0 Å². The van der Waals surface area contributed by atoms with E-state index in [1.807, 2.05) is 0 Å². The highest BCUT2D eigenvalue weighted by Gasteiger charge is 2.17. The molecule has 3 rings (SSSR count). The van der Waals surface area contributed by atoms with Crippen molar-refractivity contribution >= 4 is 22.6 Å². The highest BCUT2D eigenvalue weighted by molar-refractivity contribution is 5.94. The monoisotopic (exact) mass is 341 g/mol. The van der Waals surface area contributed by atoms with Crippen molar-refractivity contribution in [3.8, 4) is 5.75 Å². The molecule has 0 spiro atoms. The zero-order chi connectivity index (χ0) is 18.1. The molecule has 0 unspecified atom stereocenters. The summed E-state index contributed by atoms with van der Waals surface area (Å²) in [7, 11) is 0. The number of aryl methyl sites for hydroxylation is 2. The number of phenols is 1. The maximum Gasteiger partial charge on any atom is 0.340 e. The van der Waals surface area contributed by atoms with E-state index in [-0.39, 0.29) is 23.3 Å². The molecule has 0 fully saturated rings. The maximum atomic E-state index is 12.9. The average molecular weight is 341 g/mol. The van der Waals surface area contributed by atoms with E-state index in [4.69, 9.17) is 4.42 Å². The molecule has 1 amide bonds. The van der Waals surface area contributed by atoms with Crippen LogP contribution >= 0.6 is 0 Å². The summed E-state index contributed by atoms with van der Waals surface area (Å²) in [5.41, 5.74) is 1.51. The molecular weight excluding hydrogens is 325 g/mol. The van der Waals surface area contributed by atoms with Crippen molar-refractivity contribution in [2.45, 2.75) is 20.3 Å². The van der Waals surface area contributed by atoms with Gasteiger partial charge in [0.15, 0.2) is 0 Å². The van der Waals surface area contributed by atoms with E-state index >= 15 is 0 Å². The number of hydrogen-bond acceptors (Lipinski definition) is 4. The Morgan fingerprint density at radius 3 is 2.56 bits per heavy atom. The Morgan fingerprint density at radius 1 is 1.20 bits per heavy atom. The van der Waals surface area contributed by atoms with Crippen LogP contribution in [0.3, 0.4) is 0 Å². The van der Waals surface area contributed by atoms with Gasteiger partial charge in [0, 0.05) is 5.69 Å². The van der Waals surface area contributed by atoms with Gasteiger partial charge in [0.2, 0.25) is 5.91 Å². The Hall–Kier alpha value is -3.15. The number of nitrogens with one attached hydrogen (secondary N) is 1. The highest BCUT2D eigenvalue weighted by atomic mass is 19.1. The third kappa shape index (κ3) is 3.38. The second-order valence-electron chi connectivity index (χ2n) is 5.88. The van der Waals surface area contributed by atoms with E-state index in [0.717, 1.165) is 5.56 Å². The van der Waals surface area contributed by atoms with Crippen molar-refractivity contribution in [2.75, 3.05) is 5.32 Å². The zero-order valence-corrected chi connectivity index (χ0v) is 13.7. The van der Waals surface area contributed by atoms with E-state index in [1.165, 1.54) is 24.3 Å². The quantitative estimate of drug-likeness (QED) is 0.715. The number of aromatic hydroxyl groups is 1. The molecule has 0 aliphatic carbocycles. The maximum absolute atomic E-state index is 12.9. The number of anilines is 1. The van der Waals surface area contributed by atoms with Gasteiger partial charge in [-0.2, -0.15) is 0 Å². The summed E-state index contributed by atoms with van der Waals surface area (Å²) < 4.78 is 18.2. The normalized spacial score (nSPS) is 10.8. The van der Waals surface area contributed by atoms with Gasteiger partial charge in [-0.3, -0.25) is 4.79 Å². The highest BCUT2D eigenvalue weighted by Crippen LogP contribution is 2.30. The zero-order valence-electron chi connectivity index (χ0n) is 13.7. The Morgan fingerprint density at radius 2 is 1.88 bits per heavy atom. The molecule has 0 radical (unpaired) electrons. The molecule has 2 N–H and O–H groups in total. The van der Waals surface area contributed by atoms with Crippen LogP contribution in [0.2, 0.25) is 0 Å². The van der Waals surface area contributed by atoms with Crippen LogP contribution in [0.5, 0.6) is 5.75 Å².